The summed E-state index contributed by atoms with van der Waals surface area (Å²) in [6, 6.07) is 17.9. The summed E-state index contributed by atoms with van der Waals surface area (Å²) < 4.78 is 12.1. The molecule has 0 spiro atoms. The van der Waals surface area contributed by atoms with Crippen molar-refractivity contribution in [1.82, 2.24) is 0 Å². The van der Waals surface area contributed by atoms with Gasteiger partial charge in [-0.1, -0.05) is 52.3 Å². The molecule has 0 amide bonds. The summed E-state index contributed by atoms with van der Waals surface area (Å²) in [5.41, 5.74) is 5.72. The molecule has 6 rings (SSSR count). The Morgan fingerprint density at radius 3 is 2.60 bits per heavy atom. The van der Waals surface area contributed by atoms with E-state index in [1.165, 1.54) is 11.1 Å². The highest BCUT2D eigenvalue weighted by Crippen LogP contribution is 2.56. The van der Waals surface area contributed by atoms with Gasteiger partial charge in [0.2, 0.25) is 6.79 Å². The van der Waals surface area contributed by atoms with Crippen LogP contribution in [-0.4, -0.2) is 17.9 Å². The van der Waals surface area contributed by atoms with Gasteiger partial charge in [-0.05, 0) is 52.8 Å². The molecule has 6 heteroatoms. The molecule has 5 nitrogen and oxygen atoms in total. The zero-order chi connectivity index (χ0) is 20.4. The molecular formula is C24H18BrNO4. The average Bonchev–Trinajstić information content (AvgIpc) is 3.36. The second-order valence-corrected chi connectivity index (χ2v) is 8.82. The number of fused-ring (bicyclic) bond motifs is 6. The van der Waals surface area contributed by atoms with E-state index in [9.17, 15) is 9.90 Å². The SMILES string of the molecule is O=C(O)c1cccc2c1N[C@H](c1cc3c(cc1Br)OCO3)[C@H]1Cc3ccccc3[C@H]21. The summed E-state index contributed by atoms with van der Waals surface area (Å²) in [6.07, 6.45) is 0.927. The van der Waals surface area contributed by atoms with Gasteiger partial charge in [0.1, 0.15) is 0 Å². The quantitative estimate of drug-likeness (QED) is 0.536. The van der Waals surface area contributed by atoms with Crippen molar-refractivity contribution in [1.29, 1.82) is 0 Å². The van der Waals surface area contributed by atoms with E-state index < -0.39 is 5.97 Å². The lowest BCUT2D eigenvalue weighted by Crippen LogP contribution is -2.31. The lowest BCUT2D eigenvalue weighted by Gasteiger charge is -2.39. The van der Waals surface area contributed by atoms with Crippen LogP contribution < -0.4 is 14.8 Å². The molecular weight excluding hydrogens is 446 g/mol. The Morgan fingerprint density at radius 1 is 1.00 bits per heavy atom. The number of carboxylic acids is 1. The lowest BCUT2D eigenvalue weighted by molar-refractivity contribution is 0.0697. The Bertz CT molecular complexity index is 1210. The number of benzene rings is 3. The van der Waals surface area contributed by atoms with E-state index in [1.807, 2.05) is 18.2 Å². The summed E-state index contributed by atoms with van der Waals surface area (Å²) in [4.78, 5) is 12.0. The third kappa shape index (κ3) is 2.50. The minimum absolute atomic E-state index is 0.0701. The van der Waals surface area contributed by atoms with Crippen LogP contribution in [0.25, 0.3) is 0 Å². The summed E-state index contributed by atoms with van der Waals surface area (Å²) >= 11 is 3.71. The predicted molar refractivity (Wildman–Crippen MR) is 116 cm³/mol. The highest BCUT2D eigenvalue weighted by Gasteiger charge is 2.45. The normalized spacial score (nSPS) is 22.6. The number of hydrogen-bond donors (Lipinski definition) is 2. The van der Waals surface area contributed by atoms with Crippen molar-refractivity contribution in [3.05, 3.63) is 86.9 Å². The maximum absolute atomic E-state index is 12.0. The number of para-hydroxylation sites is 1. The van der Waals surface area contributed by atoms with Gasteiger partial charge in [0.15, 0.2) is 11.5 Å². The first-order valence-corrected chi connectivity index (χ1v) is 10.7. The molecule has 30 heavy (non-hydrogen) atoms. The van der Waals surface area contributed by atoms with Crippen molar-refractivity contribution in [3.63, 3.8) is 0 Å². The molecule has 3 aromatic rings. The molecule has 0 bridgehead atoms. The van der Waals surface area contributed by atoms with Gasteiger partial charge in [-0.25, -0.2) is 4.79 Å². The summed E-state index contributed by atoms with van der Waals surface area (Å²) in [5, 5.41) is 13.4. The zero-order valence-corrected chi connectivity index (χ0v) is 17.5. The van der Waals surface area contributed by atoms with Gasteiger partial charge < -0.3 is 19.9 Å². The minimum Gasteiger partial charge on any atom is -0.478 e. The highest BCUT2D eigenvalue weighted by atomic mass is 79.9. The van der Waals surface area contributed by atoms with Crippen molar-refractivity contribution in [2.24, 2.45) is 5.92 Å². The topological polar surface area (TPSA) is 67.8 Å². The molecule has 1 aliphatic carbocycles. The molecule has 0 saturated carbocycles. The standard InChI is InChI=1S/C24H18BrNO4/c25-18-10-20-19(29-11-30-20)9-16(18)23-17-8-12-4-1-2-5-13(12)21(17)14-6-3-7-15(24(27)28)22(14)26-23/h1-7,9-10,17,21,23,26H,8,11H2,(H,27,28)/t17-,21+,23+/m0/s1. The van der Waals surface area contributed by atoms with Crippen LogP contribution >= 0.6 is 15.9 Å². The van der Waals surface area contributed by atoms with E-state index >= 15 is 0 Å². The van der Waals surface area contributed by atoms with Crippen LogP contribution in [0.1, 0.15) is 44.6 Å². The largest absolute Gasteiger partial charge is 0.478 e. The number of anilines is 1. The maximum atomic E-state index is 12.0. The molecule has 3 atom stereocenters. The third-order valence-corrected chi connectivity index (χ3v) is 7.18. The first-order chi connectivity index (χ1) is 14.6. The molecule has 3 aromatic carbocycles. The Kier molecular flexibility index (Phi) is 3.87. The molecule has 0 radical (unpaired) electrons. The average molecular weight is 464 g/mol. The second kappa shape index (κ2) is 6.51. The number of rotatable bonds is 2. The van der Waals surface area contributed by atoms with Crippen molar-refractivity contribution in [2.45, 2.75) is 18.4 Å². The lowest BCUT2D eigenvalue weighted by atomic mass is 9.75. The monoisotopic (exact) mass is 463 g/mol. The van der Waals surface area contributed by atoms with Gasteiger partial charge >= 0.3 is 5.97 Å². The number of nitrogens with one attached hydrogen (secondary N) is 1. The zero-order valence-electron chi connectivity index (χ0n) is 15.9. The van der Waals surface area contributed by atoms with Gasteiger partial charge in [-0.15, -0.1) is 0 Å². The molecule has 0 saturated heterocycles. The molecule has 0 fully saturated rings. The highest BCUT2D eigenvalue weighted by molar-refractivity contribution is 9.10. The van der Waals surface area contributed by atoms with E-state index in [-0.39, 0.29) is 24.7 Å². The predicted octanol–water partition coefficient (Wildman–Crippen LogP) is 5.35. The fourth-order valence-electron chi connectivity index (χ4n) is 5.25. The van der Waals surface area contributed by atoms with E-state index in [4.69, 9.17) is 9.47 Å². The molecule has 0 unspecified atom stereocenters. The van der Waals surface area contributed by atoms with Crippen LogP contribution in [-0.2, 0) is 6.42 Å². The Balaban J connectivity index is 1.56. The Labute approximate surface area is 181 Å². The van der Waals surface area contributed by atoms with Crippen molar-refractivity contribution < 1.29 is 19.4 Å². The van der Waals surface area contributed by atoms with Crippen LogP contribution in [0.15, 0.2) is 59.1 Å². The van der Waals surface area contributed by atoms with Crippen LogP contribution in [0.4, 0.5) is 5.69 Å². The first kappa shape index (κ1) is 17.8. The Hall–Kier alpha value is -2.99. The second-order valence-electron chi connectivity index (χ2n) is 7.97. The van der Waals surface area contributed by atoms with Crippen molar-refractivity contribution in [2.75, 3.05) is 12.1 Å². The van der Waals surface area contributed by atoms with E-state index in [2.05, 4.69) is 51.6 Å². The number of aromatic carboxylic acids is 1. The molecule has 3 aliphatic rings. The van der Waals surface area contributed by atoms with Gasteiger partial charge in [-0.2, -0.15) is 0 Å². The maximum Gasteiger partial charge on any atom is 0.337 e. The van der Waals surface area contributed by atoms with E-state index in [0.717, 1.165) is 33.5 Å². The number of halogens is 1. The first-order valence-electron chi connectivity index (χ1n) is 9.91. The van der Waals surface area contributed by atoms with Crippen molar-refractivity contribution >= 4 is 27.6 Å². The van der Waals surface area contributed by atoms with Gasteiger partial charge in [0, 0.05) is 10.4 Å². The summed E-state index contributed by atoms with van der Waals surface area (Å²) in [7, 11) is 0. The van der Waals surface area contributed by atoms with Gasteiger partial charge in [0.05, 0.1) is 17.3 Å². The van der Waals surface area contributed by atoms with E-state index in [0.29, 0.717) is 11.3 Å². The molecule has 150 valence electrons. The Morgan fingerprint density at radius 2 is 1.77 bits per heavy atom. The number of carbonyl (C=O) groups is 1. The van der Waals surface area contributed by atoms with Crippen LogP contribution in [0.5, 0.6) is 11.5 Å². The number of carboxylic acid groups (broad SMARTS) is 1. The fourth-order valence-corrected chi connectivity index (χ4v) is 5.81. The van der Waals surface area contributed by atoms with Crippen molar-refractivity contribution in [3.8, 4) is 11.5 Å². The summed E-state index contributed by atoms with van der Waals surface area (Å²) in [5.74, 6) is 0.918. The number of hydrogen-bond acceptors (Lipinski definition) is 4. The molecule has 2 heterocycles. The number of ether oxygens (including phenoxy) is 2. The van der Waals surface area contributed by atoms with Gasteiger partial charge in [-0.3, -0.25) is 0 Å². The molecule has 2 N–H and O–H groups in total. The van der Waals surface area contributed by atoms with Crippen LogP contribution in [0.2, 0.25) is 0 Å². The molecule has 0 aromatic heterocycles. The third-order valence-electron chi connectivity index (χ3n) is 6.49. The van der Waals surface area contributed by atoms with E-state index in [1.54, 1.807) is 6.07 Å². The van der Waals surface area contributed by atoms with Crippen LogP contribution in [0.3, 0.4) is 0 Å². The van der Waals surface area contributed by atoms with Gasteiger partial charge in [0.25, 0.3) is 0 Å². The summed E-state index contributed by atoms with van der Waals surface area (Å²) in [6.45, 7) is 0.215. The minimum atomic E-state index is -0.924. The fraction of sp³-hybridized carbons (Fsp3) is 0.208. The van der Waals surface area contributed by atoms with Crippen LogP contribution in [0, 0.1) is 5.92 Å². The smallest absolute Gasteiger partial charge is 0.337 e. The molecule has 2 aliphatic heterocycles.